The molecule has 3 nitrogen and oxygen atoms in total. The van der Waals surface area contributed by atoms with E-state index in [0.29, 0.717) is 17.3 Å². The van der Waals surface area contributed by atoms with Gasteiger partial charge >= 0.3 is 0 Å². The van der Waals surface area contributed by atoms with E-state index >= 15 is 0 Å². The Bertz CT molecular complexity index is 499. The van der Waals surface area contributed by atoms with Gasteiger partial charge in [-0.25, -0.2) is 0 Å². The van der Waals surface area contributed by atoms with Crippen LogP contribution in [0.1, 0.15) is 36.2 Å². The number of alkyl halides is 1. The summed E-state index contributed by atoms with van der Waals surface area (Å²) >= 11 is 3.18. The zero-order valence-corrected chi connectivity index (χ0v) is 12.2. The van der Waals surface area contributed by atoms with Crippen LogP contribution in [-0.4, -0.2) is 23.1 Å². The average molecular weight is 310 g/mol. The van der Waals surface area contributed by atoms with E-state index in [1.807, 2.05) is 30.9 Å². The topological polar surface area (TPSA) is 37.4 Å². The van der Waals surface area contributed by atoms with Crippen LogP contribution < -0.4 is 4.90 Å². The van der Waals surface area contributed by atoms with Crippen LogP contribution in [0, 0.1) is 0 Å². The minimum atomic E-state index is 0.0747. The Morgan fingerprint density at radius 3 is 2.78 bits per heavy atom. The number of hydrogen-bond acceptors (Lipinski definition) is 2. The van der Waals surface area contributed by atoms with Gasteiger partial charge in [0, 0.05) is 23.7 Å². The summed E-state index contributed by atoms with van der Waals surface area (Å²) in [6.07, 6.45) is 1.33. The number of rotatable bonds is 3. The van der Waals surface area contributed by atoms with Crippen molar-refractivity contribution in [3.05, 3.63) is 29.3 Å². The third kappa shape index (κ3) is 2.21. The molecular weight excluding hydrogens is 294 g/mol. The van der Waals surface area contributed by atoms with Crippen molar-refractivity contribution in [1.29, 1.82) is 0 Å². The first-order valence-electron chi connectivity index (χ1n) is 6.12. The molecule has 18 heavy (non-hydrogen) atoms. The van der Waals surface area contributed by atoms with Crippen LogP contribution in [0.25, 0.3) is 0 Å². The molecule has 0 aliphatic carbocycles. The van der Waals surface area contributed by atoms with Crippen LogP contribution >= 0.6 is 15.9 Å². The number of benzene rings is 1. The molecule has 1 atom stereocenters. The van der Waals surface area contributed by atoms with Crippen molar-refractivity contribution in [2.75, 3.05) is 10.2 Å². The predicted molar refractivity (Wildman–Crippen MR) is 75.5 cm³/mol. The number of carbonyl (C=O) groups excluding carboxylic acids is 2. The molecule has 0 spiro atoms. The third-order valence-corrected chi connectivity index (χ3v) is 3.82. The summed E-state index contributed by atoms with van der Waals surface area (Å²) in [5.41, 5.74) is 2.76. The standard InChI is InChI=1S/C14H16BrNO2/c1-3-14(18)16-9(2)6-11-7-10(13(17)8-15)4-5-12(11)16/h4-5,7,9H,3,6,8H2,1-2H3. The fraction of sp³-hybridized carbons (Fsp3) is 0.429. The number of anilines is 1. The largest absolute Gasteiger partial charge is 0.309 e. The monoisotopic (exact) mass is 309 g/mol. The molecular formula is C14H16BrNO2. The van der Waals surface area contributed by atoms with E-state index in [1.54, 1.807) is 6.07 Å². The van der Waals surface area contributed by atoms with E-state index in [0.717, 1.165) is 17.7 Å². The maximum atomic E-state index is 11.9. The summed E-state index contributed by atoms with van der Waals surface area (Å²) in [6.45, 7) is 3.91. The minimum Gasteiger partial charge on any atom is -0.309 e. The van der Waals surface area contributed by atoms with E-state index < -0.39 is 0 Å². The second-order valence-electron chi connectivity index (χ2n) is 4.57. The molecule has 1 heterocycles. The second kappa shape index (κ2) is 5.22. The number of carbonyl (C=O) groups is 2. The minimum absolute atomic E-state index is 0.0747. The Labute approximate surface area is 115 Å². The third-order valence-electron chi connectivity index (χ3n) is 3.31. The summed E-state index contributed by atoms with van der Waals surface area (Å²) in [4.78, 5) is 25.4. The maximum absolute atomic E-state index is 11.9. The van der Waals surface area contributed by atoms with Gasteiger partial charge in [-0.1, -0.05) is 22.9 Å². The number of amides is 1. The van der Waals surface area contributed by atoms with E-state index in [1.165, 1.54) is 0 Å². The lowest BCUT2D eigenvalue weighted by Crippen LogP contribution is -2.35. The van der Waals surface area contributed by atoms with Gasteiger partial charge in [0.15, 0.2) is 5.78 Å². The van der Waals surface area contributed by atoms with Crippen molar-refractivity contribution in [3.63, 3.8) is 0 Å². The van der Waals surface area contributed by atoms with Crippen molar-refractivity contribution in [1.82, 2.24) is 0 Å². The predicted octanol–water partition coefficient (Wildman–Crippen LogP) is 2.95. The first-order chi connectivity index (χ1) is 8.58. The molecule has 2 rings (SSSR count). The maximum Gasteiger partial charge on any atom is 0.226 e. The van der Waals surface area contributed by atoms with Gasteiger partial charge in [-0.3, -0.25) is 9.59 Å². The molecule has 0 N–H and O–H groups in total. The summed E-state index contributed by atoms with van der Waals surface area (Å²) in [6, 6.07) is 5.79. The fourth-order valence-corrected chi connectivity index (χ4v) is 2.76. The fourth-order valence-electron chi connectivity index (χ4n) is 2.43. The number of Topliss-reactive ketones (excluding diaryl/α,β-unsaturated/α-hetero) is 1. The lowest BCUT2D eigenvalue weighted by atomic mass is 10.1. The molecule has 1 aromatic rings. The van der Waals surface area contributed by atoms with Gasteiger partial charge in [0.25, 0.3) is 0 Å². The van der Waals surface area contributed by atoms with Crippen molar-refractivity contribution >= 4 is 33.3 Å². The molecule has 1 aliphatic heterocycles. The van der Waals surface area contributed by atoms with Crippen LogP contribution in [-0.2, 0) is 11.2 Å². The Hall–Kier alpha value is -1.16. The Balaban J connectivity index is 2.38. The lowest BCUT2D eigenvalue weighted by molar-refractivity contribution is -0.118. The number of nitrogens with zero attached hydrogens (tertiary/aromatic N) is 1. The molecule has 4 heteroatoms. The molecule has 0 bridgehead atoms. The molecule has 0 saturated carbocycles. The molecule has 0 radical (unpaired) electrons. The first-order valence-corrected chi connectivity index (χ1v) is 7.24. The van der Waals surface area contributed by atoms with Crippen molar-refractivity contribution in [2.45, 2.75) is 32.7 Å². The molecule has 96 valence electrons. The van der Waals surface area contributed by atoms with Crippen LogP contribution in [0.4, 0.5) is 5.69 Å². The van der Waals surface area contributed by atoms with E-state index in [4.69, 9.17) is 0 Å². The van der Waals surface area contributed by atoms with Crippen molar-refractivity contribution in [2.24, 2.45) is 0 Å². The zero-order valence-electron chi connectivity index (χ0n) is 10.6. The first kappa shape index (κ1) is 13.3. The van der Waals surface area contributed by atoms with Crippen LogP contribution in [0.3, 0.4) is 0 Å². The summed E-state index contributed by atoms with van der Waals surface area (Å²) in [5.74, 6) is 0.214. The highest BCUT2D eigenvalue weighted by atomic mass is 79.9. The molecule has 1 aromatic carbocycles. The Kier molecular flexibility index (Phi) is 3.85. The molecule has 0 aromatic heterocycles. The van der Waals surface area contributed by atoms with Gasteiger partial charge in [-0.2, -0.15) is 0 Å². The van der Waals surface area contributed by atoms with Gasteiger partial charge in [-0.05, 0) is 37.1 Å². The van der Waals surface area contributed by atoms with Crippen molar-refractivity contribution in [3.8, 4) is 0 Å². The van der Waals surface area contributed by atoms with Gasteiger partial charge in [-0.15, -0.1) is 0 Å². The summed E-state index contributed by atoms with van der Waals surface area (Å²) in [7, 11) is 0. The van der Waals surface area contributed by atoms with E-state index in [2.05, 4.69) is 15.9 Å². The normalized spacial score (nSPS) is 17.7. The highest BCUT2D eigenvalue weighted by Gasteiger charge is 2.30. The van der Waals surface area contributed by atoms with Crippen LogP contribution in [0.5, 0.6) is 0 Å². The highest BCUT2D eigenvalue weighted by Crippen LogP contribution is 2.33. The SMILES string of the molecule is CCC(=O)N1c2ccc(C(=O)CBr)cc2CC1C. The molecule has 1 amide bonds. The van der Waals surface area contributed by atoms with Gasteiger partial charge in [0.05, 0.1) is 5.33 Å². The van der Waals surface area contributed by atoms with Gasteiger partial charge < -0.3 is 4.90 Å². The highest BCUT2D eigenvalue weighted by molar-refractivity contribution is 9.09. The smallest absolute Gasteiger partial charge is 0.226 e. The number of ketones is 1. The van der Waals surface area contributed by atoms with E-state index in [-0.39, 0.29) is 17.7 Å². The summed E-state index contributed by atoms with van der Waals surface area (Å²) < 4.78 is 0. The van der Waals surface area contributed by atoms with E-state index in [9.17, 15) is 9.59 Å². The second-order valence-corrected chi connectivity index (χ2v) is 5.13. The van der Waals surface area contributed by atoms with Gasteiger partial charge in [0.2, 0.25) is 5.91 Å². The quantitative estimate of drug-likeness (QED) is 0.636. The van der Waals surface area contributed by atoms with Crippen LogP contribution in [0.15, 0.2) is 18.2 Å². The Morgan fingerprint density at radius 1 is 1.44 bits per heavy atom. The zero-order chi connectivity index (χ0) is 13.3. The Morgan fingerprint density at radius 2 is 2.17 bits per heavy atom. The number of fused-ring (bicyclic) bond motifs is 1. The van der Waals surface area contributed by atoms with Crippen LogP contribution in [0.2, 0.25) is 0 Å². The van der Waals surface area contributed by atoms with Gasteiger partial charge in [0.1, 0.15) is 0 Å². The lowest BCUT2D eigenvalue weighted by Gasteiger charge is -2.22. The average Bonchev–Trinajstić information content (AvgIpc) is 2.71. The molecule has 0 saturated heterocycles. The number of hydrogen-bond donors (Lipinski definition) is 0. The van der Waals surface area contributed by atoms with Crippen molar-refractivity contribution < 1.29 is 9.59 Å². The number of halogens is 1. The molecule has 0 fully saturated rings. The summed E-state index contributed by atoms with van der Waals surface area (Å²) in [5, 5.41) is 0.332. The molecule has 1 aliphatic rings. The molecule has 1 unspecified atom stereocenters.